The van der Waals surface area contributed by atoms with Crippen LogP contribution in [-0.4, -0.2) is 30.9 Å². The van der Waals surface area contributed by atoms with Crippen molar-refractivity contribution >= 4 is 11.7 Å². The third-order valence-corrected chi connectivity index (χ3v) is 3.95. The van der Waals surface area contributed by atoms with Gasteiger partial charge in [0.25, 0.3) is 0 Å². The van der Waals surface area contributed by atoms with Gasteiger partial charge in [-0.2, -0.15) is 0 Å². The van der Waals surface area contributed by atoms with Crippen molar-refractivity contribution in [1.82, 2.24) is 5.32 Å². The van der Waals surface area contributed by atoms with E-state index in [0.717, 1.165) is 24.8 Å². The van der Waals surface area contributed by atoms with Crippen LogP contribution < -0.4 is 15.4 Å². The maximum absolute atomic E-state index is 11.9. The summed E-state index contributed by atoms with van der Waals surface area (Å²) in [4.78, 5) is 11.9. The van der Waals surface area contributed by atoms with Gasteiger partial charge >= 0.3 is 6.03 Å². The van der Waals surface area contributed by atoms with Crippen LogP contribution in [0, 0.1) is 5.41 Å². The molecule has 0 heterocycles. The van der Waals surface area contributed by atoms with E-state index in [2.05, 4.69) is 17.2 Å². The number of anilines is 1. The van der Waals surface area contributed by atoms with Crippen molar-refractivity contribution in [2.24, 2.45) is 5.41 Å². The van der Waals surface area contributed by atoms with Gasteiger partial charge in [0.1, 0.15) is 12.4 Å². The summed E-state index contributed by atoms with van der Waals surface area (Å²) in [6, 6.07) is 6.97. The van der Waals surface area contributed by atoms with Crippen LogP contribution in [0.25, 0.3) is 0 Å². The summed E-state index contributed by atoms with van der Waals surface area (Å²) in [5, 5.41) is 15.0. The summed E-state index contributed by atoms with van der Waals surface area (Å²) in [6.07, 6.45) is 3.05. The summed E-state index contributed by atoms with van der Waals surface area (Å²) in [6.45, 7) is 6.76. The molecule has 1 aliphatic rings. The van der Waals surface area contributed by atoms with E-state index in [-0.39, 0.29) is 18.1 Å². The Morgan fingerprint density at radius 3 is 2.82 bits per heavy atom. The van der Waals surface area contributed by atoms with Crippen LogP contribution in [0.5, 0.6) is 5.75 Å². The smallest absolute Gasteiger partial charge is 0.319 e. The zero-order valence-corrected chi connectivity index (χ0v) is 13.0. The molecule has 1 aromatic rings. The highest BCUT2D eigenvalue weighted by atomic mass is 16.5. The molecule has 5 heteroatoms. The molecule has 3 N–H and O–H groups in total. The van der Waals surface area contributed by atoms with Crippen LogP contribution in [0.3, 0.4) is 0 Å². The number of aliphatic hydroxyl groups is 1. The van der Waals surface area contributed by atoms with Gasteiger partial charge in [-0.25, -0.2) is 4.79 Å². The number of hydrogen-bond donors (Lipinski definition) is 3. The quantitative estimate of drug-likeness (QED) is 0.678. The maximum Gasteiger partial charge on any atom is 0.319 e. The standard InChI is InChI=1S/C17H24N2O3/c1-13(2)10-22-15-6-3-5-14(9-15)19-16(21)18-11-17(12-20)7-4-8-17/h3,5-6,9,20H,1,4,7-8,10-12H2,2H3,(H2,18,19,21). The lowest BCUT2D eigenvalue weighted by Gasteiger charge is -2.40. The Balaban J connectivity index is 1.83. The van der Waals surface area contributed by atoms with Crippen LogP contribution in [0.15, 0.2) is 36.4 Å². The second kappa shape index (κ2) is 7.31. The van der Waals surface area contributed by atoms with Crippen LogP contribution in [0.4, 0.5) is 10.5 Å². The van der Waals surface area contributed by atoms with Gasteiger partial charge in [0.05, 0.1) is 6.61 Å². The lowest BCUT2D eigenvalue weighted by Crippen LogP contribution is -2.45. The zero-order chi connectivity index (χ0) is 16.0. The monoisotopic (exact) mass is 304 g/mol. The average Bonchev–Trinajstić information content (AvgIpc) is 2.45. The van der Waals surface area contributed by atoms with E-state index >= 15 is 0 Å². The van der Waals surface area contributed by atoms with E-state index in [9.17, 15) is 9.90 Å². The van der Waals surface area contributed by atoms with Crippen molar-refractivity contribution < 1.29 is 14.6 Å². The third kappa shape index (κ3) is 4.49. The van der Waals surface area contributed by atoms with E-state index in [0.29, 0.717) is 24.6 Å². The predicted octanol–water partition coefficient (Wildman–Crippen LogP) is 2.93. The van der Waals surface area contributed by atoms with Gasteiger partial charge in [-0.05, 0) is 37.5 Å². The summed E-state index contributed by atoms with van der Waals surface area (Å²) in [7, 11) is 0. The number of amides is 2. The Bertz CT molecular complexity index is 533. The van der Waals surface area contributed by atoms with E-state index in [1.54, 1.807) is 12.1 Å². The number of nitrogens with one attached hydrogen (secondary N) is 2. The molecule has 22 heavy (non-hydrogen) atoms. The van der Waals surface area contributed by atoms with Gasteiger partial charge in [0, 0.05) is 23.7 Å². The Kier molecular flexibility index (Phi) is 5.44. The number of aliphatic hydroxyl groups excluding tert-OH is 1. The number of urea groups is 1. The van der Waals surface area contributed by atoms with Gasteiger partial charge < -0.3 is 20.5 Å². The van der Waals surface area contributed by atoms with E-state index < -0.39 is 0 Å². The molecule has 2 amide bonds. The number of ether oxygens (including phenoxy) is 1. The van der Waals surface area contributed by atoms with Crippen LogP contribution in [0.2, 0.25) is 0 Å². The van der Waals surface area contributed by atoms with E-state index in [4.69, 9.17) is 4.74 Å². The molecule has 1 aliphatic carbocycles. The van der Waals surface area contributed by atoms with Crippen molar-refractivity contribution in [2.45, 2.75) is 26.2 Å². The molecular weight excluding hydrogens is 280 g/mol. The molecule has 0 saturated heterocycles. The molecule has 0 atom stereocenters. The summed E-state index contributed by atoms with van der Waals surface area (Å²) >= 11 is 0. The molecule has 120 valence electrons. The topological polar surface area (TPSA) is 70.6 Å². The summed E-state index contributed by atoms with van der Waals surface area (Å²) in [5.74, 6) is 0.687. The molecule has 0 spiro atoms. The number of carbonyl (C=O) groups excluding carboxylic acids is 1. The average molecular weight is 304 g/mol. The van der Waals surface area contributed by atoms with Crippen LogP contribution in [0.1, 0.15) is 26.2 Å². The van der Waals surface area contributed by atoms with Gasteiger partial charge in [-0.3, -0.25) is 0 Å². The fourth-order valence-corrected chi connectivity index (χ4v) is 2.38. The highest BCUT2D eigenvalue weighted by Crippen LogP contribution is 2.39. The van der Waals surface area contributed by atoms with Crippen molar-refractivity contribution in [3.63, 3.8) is 0 Å². The summed E-state index contributed by atoms with van der Waals surface area (Å²) < 4.78 is 5.54. The van der Waals surface area contributed by atoms with Crippen molar-refractivity contribution in [3.8, 4) is 5.75 Å². The predicted molar refractivity (Wildman–Crippen MR) is 87.1 cm³/mol. The zero-order valence-electron chi connectivity index (χ0n) is 13.0. The highest BCUT2D eigenvalue weighted by Gasteiger charge is 2.36. The second-order valence-corrected chi connectivity index (χ2v) is 6.09. The number of benzene rings is 1. The largest absolute Gasteiger partial charge is 0.489 e. The van der Waals surface area contributed by atoms with Gasteiger partial charge in [0.15, 0.2) is 0 Å². The van der Waals surface area contributed by atoms with Crippen molar-refractivity contribution in [3.05, 3.63) is 36.4 Å². The Labute approximate surface area is 131 Å². The Morgan fingerprint density at radius 1 is 1.45 bits per heavy atom. The lowest BCUT2D eigenvalue weighted by atomic mass is 9.69. The van der Waals surface area contributed by atoms with Crippen LogP contribution >= 0.6 is 0 Å². The first-order chi connectivity index (χ1) is 10.5. The number of carbonyl (C=O) groups is 1. The molecular formula is C17H24N2O3. The second-order valence-electron chi connectivity index (χ2n) is 6.09. The van der Waals surface area contributed by atoms with Crippen molar-refractivity contribution in [2.75, 3.05) is 25.1 Å². The molecule has 0 bridgehead atoms. The van der Waals surface area contributed by atoms with Gasteiger partial charge in [-0.15, -0.1) is 0 Å². The fourth-order valence-electron chi connectivity index (χ4n) is 2.38. The lowest BCUT2D eigenvalue weighted by molar-refractivity contribution is 0.0476. The minimum absolute atomic E-state index is 0.121. The molecule has 0 aromatic heterocycles. The molecule has 5 nitrogen and oxygen atoms in total. The molecule has 1 aromatic carbocycles. The van der Waals surface area contributed by atoms with Crippen LogP contribution in [-0.2, 0) is 0 Å². The first-order valence-electron chi connectivity index (χ1n) is 7.56. The minimum Gasteiger partial charge on any atom is -0.489 e. The molecule has 1 saturated carbocycles. The van der Waals surface area contributed by atoms with Crippen molar-refractivity contribution in [1.29, 1.82) is 0 Å². The van der Waals surface area contributed by atoms with Gasteiger partial charge in [-0.1, -0.05) is 19.1 Å². The maximum atomic E-state index is 11.9. The Morgan fingerprint density at radius 2 is 2.23 bits per heavy atom. The van der Waals surface area contributed by atoms with E-state index in [1.807, 2.05) is 19.1 Å². The fraction of sp³-hybridized carbons (Fsp3) is 0.471. The highest BCUT2D eigenvalue weighted by molar-refractivity contribution is 5.89. The molecule has 1 fully saturated rings. The SMILES string of the molecule is C=C(C)COc1cccc(NC(=O)NCC2(CO)CCC2)c1. The van der Waals surface area contributed by atoms with Gasteiger partial charge in [0.2, 0.25) is 0 Å². The molecule has 0 unspecified atom stereocenters. The first-order valence-corrected chi connectivity index (χ1v) is 7.56. The minimum atomic E-state index is -0.267. The normalized spacial score (nSPS) is 15.5. The molecule has 2 rings (SSSR count). The molecule has 0 radical (unpaired) electrons. The number of rotatable bonds is 7. The Hall–Kier alpha value is -2.01. The third-order valence-electron chi connectivity index (χ3n) is 3.95. The first kappa shape index (κ1) is 16.4. The van der Waals surface area contributed by atoms with E-state index in [1.165, 1.54) is 0 Å². The number of hydrogen-bond acceptors (Lipinski definition) is 3. The molecule has 0 aliphatic heterocycles. The summed E-state index contributed by atoms with van der Waals surface area (Å²) in [5.41, 5.74) is 1.48.